The largest absolute Gasteiger partial charge is 0.489 e. The number of hydrogen-bond acceptors (Lipinski definition) is 4. The van der Waals surface area contributed by atoms with Crippen LogP contribution in [-0.4, -0.2) is 40.8 Å². The fourth-order valence-corrected chi connectivity index (χ4v) is 3.14. The van der Waals surface area contributed by atoms with Crippen molar-refractivity contribution in [3.05, 3.63) is 64.7 Å². The lowest BCUT2D eigenvalue weighted by atomic mass is 9.95. The molecule has 162 valence electrons. The van der Waals surface area contributed by atoms with E-state index < -0.39 is 23.7 Å². The summed E-state index contributed by atoms with van der Waals surface area (Å²) >= 11 is 0. The van der Waals surface area contributed by atoms with Gasteiger partial charge in [-0.3, -0.25) is 4.90 Å². The standard InChI is InChI=1S/C24H31NO5/c1-16-12-19(29-15-18-10-8-7-9-11-18)13-17(2)20(16)14-21(22(26)27)25(6)23(28)30-24(3,4)5/h7-13,21H,14-15H2,1-6H3,(H,26,27)/t21-/m0/s1. The highest BCUT2D eigenvalue weighted by atomic mass is 16.6. The molecule has 2 aromatic carbocycles. The van der Waals surface area contributed by atoms with Crippen molar-refractivity contribution in [2.75, 3.05) is 7.05 Å². The fourth-order valence-electron chi connectivity index (χ4n) is 3.14. The van der Waals surface area contributed by atoms with Gasteiger partial charge in [0.25, 0.3) is 0 Å². The lowest BCUT2D eigenvalue weighted by Crippen LogP contribution is -2.46. The van der Waals surface area contributed by atoms with Crippen molar-refractivity contribution in [3.63, 3.8) is 0 Å². The molecule has 0 aliphatic heterocycles. The first-order valence-corrected chi connectivity index (χ1v) is 9.93. The van der Waals surface area contributed by atoms with Gasteiger partial charge in [0.1, 0.15) is 24.0 Å². The van der Waals surface area contributed by atoms with Gasteiger partial charge in [0.05, 0.1) is 0 Å². The van der Waals surface area contributed by atoms with Crippen LogP contribution in [-0.2, 0) is 22.6 Å². The average Bonchev–Trinajstić information content (AvgIpc) is 2.64. The van der Waals surface area contributed by atoms with Gasteiger partial charge in [-0.25, -0.2) is 9.59 Å². The summed E-state index contributed by atoms with van der Waals surface area (Å²) in [6.45, 7) is 9.54. The number of carboxylic acids is 1. The molecule has 0 fully saturated rings. The molecule has 0 unspecified atom stereocenters. The highest BCUT2D eigenvalue weighted by Crippen LogP contribution is 2.25. The Morgan fingerprint density at radius 2 is 1.63 bits per heavy atom. The number of carbonyl (C=O) groups excluding carboxylic acids is 1. The summed E-state index contributed by atoms with van der Waals surface area (Å²) in [5.41, 5.74) is 3.09. The lowest BCUT2D eigenvalue weighted by Gasteiger charge is -2.29. The topological polar surface area (TPSA) is 76.1 Å². The molecular formula is C24H31NO5. The molecule has 6 heteroatoms. The predicted octanol–water partition coefficient (Wildman–Crippen LogP) is 4.75. The Labute approximate surface area is 178 Å². The molecule has 0 radical (unpaired) electrons. The maximum absolute atomic E-state index is 12.4. The molecule has 0 bridgehead atoms. The van der Waals surface area contributed by atoms with Crippen LogP contribution in [0.25, 0.3) is 0 Å². The molecule has 0 aliphatic carbocycles. The molecule has 2 aromatic rings. The summed E-state index contributed by atoms with van der Waals surface area (Å²) in [5, 5.41) is 9.72. The van der Waals surface area contributed by atoms with E-state index in [0.29, 0.717) is 6.61 Å². The monoisotopic (exact) mass is 413 g/mol. The third-order valence-electron chi connectivity index (χ3n) is 4.75. The average molecular weight is 414 g/mol. The summed E-state index contributed by atoms with van der Waals surface area (Å²) < 4.78 is 11.2. The van der Waals surface area contributed by atoms with E-state index in [9.17, 15) is 14.7 Å². The van der Waals surface area contributed by atoms with Crippen molar-refractivity contribution < 1.29 is 24.2 Å². The molecule has 0 saturated heterocycles. The summed E-state index contributed by atoms with van der Waals surface area (Å²) in [7, 11) is 1.45. The minimum absolute atomic E-state index is 0.182. The molecule has 0 saturated carbocycles. The van der Waals surface area contributed by atoms with Crippen molar-refractivity contribution in [3.8, 4) is 5.75 Å². The molecule has 0 aromatic heterocycles. The zero-order valence-corrected chi connectivity index (χ0v) is 18.6. The first-order valence-electron chi connectivity index (χ1n) is 9.93. The van der Waals surface area contributed by atoms with Gasteiger partial charge >= 0.3 is 12.1 Å². The molecule has 6 nitrogen and oxygen atoms in total. The summed E-state index contributed by atoms with van der Waals surface area (Å²) in [5.74, 6) is -0.350. The van der Waals surface area contributed by atoms with Crippen LogP contribution in [0.1, 0.15) is 43.0 Å². The van der Waals surface area contributed by atoms with Crippen molar-refractivity contribution >= 4 is 12.1 Å². The minimum Gasteiger partial charge on any atom is -0.489 e. The van der Waals surface area contributed by atoms with Crippen LogP contribution in [0.5, 0.6) is 5.75 Å². The third-order valence-corrected chi connectivity index (χ3v) is 4.75. The maximum Gasteiger partial charge on any atom is 0.410 e. The van der Waals surface area contributed by atoms with E-state index >= 15 is 0 Å². The normalized spacial score (nSPS) is 12.2. The number of carboxylic acid groups (broad SMARTS) is 1. The van der Waals surface area contributed by atoms with Crippen LogP contribution in [0.15, 0.2) is 42.5 Å². The Bertz CT molecular complexity index is 863. The van der Waals surface area contributed by atoms with E-state index in [1.165, 1.54) is 7.05 Å². The number of likely N-dealkylation sites (N-methyl/N-ethyl adjacent to an activating group) is 1. The Morgan fingerprint density at radius 1 is 1.07 bits per heavy atom. The lowest BCUT2D eigenvalue weighted by molar-refractivity contribution is -0.142. The highest BCUT2D eigenvalue weighted by molar-refractivity contribution is 5.80. The van der Waals surface area contributed by atoms with Crippen LogP contribution in [0.3, 0.4) is 0 Å². The third kappa shape index (κ3) is 6.51. The molecule has 1 atom stereocenters. The molecule has 0 heterocycles. The zero-order valence-electron chi connectivity index (χ0n) is 18.6. The first kappa shape index (κ1) is 23.3. The second kappa shape index (κ2) is 9.65. The van der Waals surface area contributed by atoms with E-state index in [2.05, 4.69) is 0 Å². The fraction of sp³-hybridized carbons (Fsp3) is 0.417. The number of hydrogen-bond donors (Lipinski definition) is 1. The van der Waals surface area contributed by atoms with Crippen LogP contribution in [0.2, 0.25) is 0 Å². The Balaban J connectivity index is 2.16. The van der Waals surface area contributed by atoms with E-state index in [1.54, 1.807) is 20.8 Å². The van der Waals surface area contributed by atoms with Crippen LogP contribution in [0.4, 0.5) is 4.79 Å². The summed E-state index contributed by atoms with van der Waals surface area (Å²) in [4.78, 5) is 25.4. The van der Waals surface area contributed by atoms with Gasteiger partial charge < -0.3 is 14.6 Å². The van der Waals surface area contributed by atoms with Crippen LogP contribution in [0, 0.1) is 13.8 Å². The molecular weight excluding hydrogens is 382 g/mol. The van der Waals surface area contributed by atoms with Crippen molar-refractivity contribution in [1.29, 1.82) is 0 Å². The number of aryl methyl sites for hydroxylation is 2. The first-order chi connectivity index (χ1) is 14.0. The minimum atomic E-state index is -1.08. The van der Waals surface area contributed by atoms with E-state index in [0.717, 1.165) is 32.9 Å². The molecule has 0 spiro atoms. The number of rotatable bonds is 7. The predicted molar refractivity (Wildman–Crippen MR) is 116 cm³/mol. The number of aliphatic carboxylic acids is 1. The van der Waals surface area contributed by atoms with E-state index in [1.807, 2.05) is 56.3 Å². The van der Waals surface area contributed by atoms with Gasteiger partial charge in [-0.1, -0.05) is 30.3 Å². The number of amides is 1. The Morgan fingerprint density at radius 3 is 2.13 bits per heavy atom. The van der Waals surface area contributed by atoms with Crippen molar-refractivity contribution in [1.82, 2.24) is 4.90 Å². The van der Waals surface area contributed by atoms with Gasteiger partial charge in [0.15, 0.2) is 0 Å². The van der Waals surface area contributed by atoms with Crippen LogP contribution >= 0.6 is 0 Å². The van der Waals surface area contributed by atoms with Gasteiger partial charge in [-0.05, 0) is 69.0 Å². The molecule has 30 heavy (non-hydrogen) atoms. The van der Waals surface area contributed by atoms with E-state index in [-0.39, 0.29) is 6.42 Å². The number of nitrogens with zero attached hydrogens (tertiary/aromatic N) is 1. The second-order valence-corrected chi connectivity index (χ2v) is 8.46. The molecule has 0 aliphatic rings. The summed E-state index contributed by atoms with van der Waals surface area (Å²) in [6, 6.07) is 12.6. The van der Waals surface area contributed by atoms with Gasteiger partial charge in [0.2, 0.25) is 0 Å². The Hall–Kier alpha value is -3.02. The maximum atomic E-state index is 12.4. The highest BCUT2D eigenvalue weighted by Gasteiger charge is 2.31. The van der Waals surface area contributed by atoms with Gasteiger partial charge in [0, 0.05) is 13.5 Å². The van der Waals surface area contributed by atoms with Crippen LogP contribution < -0.4 is 4.74 Å². The number of benzene rings is 2. The van der Waals surface area contributed by atoms with Gasteiger partial charge in [-0.2, -0.15) is 0 Å². The quantitative estimate of drug-likeness (QED) is 0.709. The zero-order chi connectivity index (χ0) is 22.5. The summed E-state index contributed by atoms with van der Waals surface area (Å²) in [6.07, 6.45) is -0.477. The van der Waals surface area contributed by atoms with E-state index in [4.69, 9.17) is 9.47 Å². The SMILES string of the molecule is Cc1cc(OCc2ccccc2)cc(C)c1C[C@@H](C(=O)O)N(C)C(=O)OC(C)(C)C. The van der Waals surface area contributed by atoms with Gasteiger partial charge in [-0.15, -0.1) is 0 Å². The molecule has 2 rings (SSSR count). The van der Waals surface area contributed by atoms with Crippen molar-refractivity contribution in [2.45, 2.75) is 59.3 Å². The number of carbonyl (C=O) groups is 2. The number of ether oxygens (including phenoxy) is 2. The Kier molecular flexibility index (Phi) is 7.48. The second-order valence-electron chi connectivity index (χ2n) is 8.46. The van der Waals surface area contributed by atoms with Crippen molar-refractivity contribution in [2.24, 2.45) is 0 Å². The molecule has 1 N–H and O–H groups in total. The molecule has 1 amide bonds. The smallest absolute Gasteiger partial charge is 0.410 e.